The molecular formula is C13H13BrF3NO7. The normalized spacial score (nSPS) is 19.4. The molecule has 1 heterocycles. The van der Waals surface area contributed by atoms with Gasteiger partial charge < -0.3 is 19.5 Å². The van der Waals surface area contributed by atoms with Crippen LogP contribution in [0.4, 0.5) is 13.2 Å². The van der Waals surface area contributed by atoms with Crippen LogP contribution in [0.25, 0.3) is 0 Å². The number of rotatable bonds is 6. The summed E-state index contributed by atoms with van der Waals surface area (Å²) in [5.41, 5.74) is -0.763. The summed E-state index contributed by atoms with van der Waals surface area (Å²) in [5.74, 6) is -5.14. The molecule has 0 saturated carbocycles. The molecule has 1 N–H and O–H groups in total. The lowest BCUT2D eigenvalue weighted by molar-refractivity contribution is -0.175. The van der Waals surface area contributed by atoms with Crippen LogP contribution >= 0.6 is 15.9 Å². The molecule has 1 amide bonds. The van der Waals surface area contributed by atoms with Crippen molar-refractivity contribution in [2.45, 2.75) is 38.3 Å². The smallest absolute Gasteiger partial charge is 0.458 e. The monoisotopic (exact) mass is 431 g/mol. The molecule has 0 aromatic rings. The van der Waals surface area contributed by atoms with Gasteiger partial charge in [0.1, 0.15) is 5.70 Å². The molecule has 1 aliphatic heterocycles. The first-order chi connectivity index (χ1) is 11.5. The zero-order chi connectivity index (χ0) is 19.4. The van der Waals surface area contributed by atoms with Gasteiger partial charge in [-0.3, -0.25) is 14.4 Å². The van der Waals surface area contributed by atoms with Crippen molar-refractivity contribution in [2.24, 2.45) is 0 Å². The van der Waals surface area contributed by atoms with Gasteiger partial charge in [-0.1, -0.05) is 15.9 Å². The molecule has 0 fully saturated rings. The SMILES string of the molecule is CC(=O)O[C@@H]([C@H]1C=C(NC(=O)C(F)(F)F)C(=O)O1)[C@@H](CBr)OC(C)=O. The highest BCUT2D eigenvalue weighted by molar-refractivity contribution is 9.09. The lowest BCUT2D eigenvalue weighted by Gasteiger charge is -2.27. The summed E-state index contributed by atoms with van der Waals surface area (Å²) in [7, 11) is 0. The average Bonchev–Trinajstić information content (AvgIpc) is 2.82. The fourth-order valence-electron chi connectivity index (χ4n) is 1.85. The number of carbonyl (C=O) groups excluding carboxylic acids is 4. The summed E-state index contributed by atoms with van der Waals surface area (Å²) in [6.45, 7) is 2.13. The topological polar surface area (TPSA) is 108 Å². The summed E-state index contributed by atoms with van der Waals surface area (Å²) in [6.07, 6.45) is -8.14. The van der Waals surface area contributed by atoms with E-state index in [4.69, 9.17) is 14.2 Å². The molecule has 8 nitrogen and oxygen atoms in total. The van der Waals surface area contributed by atoms with E-state index in [0.29, 0.717) is 0 Å². The second-order valence-corrected chi connectivity index (χ2v) is 5.43. The molecule has 1 aliphatic rings. The second kappa shape index (κ2) is 8.32. The van der Waals surface area contributed by atoms with Crippen LogP contribution in [0.3, 0.4) is 0 Å². The lowest BCUT2D eigenvalue weighted by Crippen LogP contribution is -2.43. The number of hydrogen-bond acceptors (Lipinski definition) is 7. The molecule has 0 bridgehead atoms. The van der Waals surface area contributed by atoms with E-state index in [-0.39, 0.29) is 5.33 Å². The Morgan fingerprint density at radius 3 is 2.28 bits per heavy atom. The van der Waals surface area contributed by atoms with Crippen molar-refractivity contribution in [3.8, 4) is 0 Å². The maximum Gasteiger partial charge on any atom is 0.471 e. The second-order valence-electron chi connectivity index (χ2n) is 4.78. The number of nitrogens with one attached hydrogen (secondary N) is 1. The third-order valence-corrected chi connectivity index (χ3v) is 3.40. The molecule has 12 heteroatoms. The highest BCUT2D eigenvalue weighted by Crippen LogP contribution is 2.23. The van der Waals surface area contributed by atoms with E-state index in [1.54, 1.807) is 0 Å². The fraction of sp³-hybridized carbons (Fsp3) is 0.538. The number of halogens is 4. The third kappa shape index (κ3) is 6.03. The molecule has 1 rings (SSSR count). The number of amides is 1. The van der Waals surface area contributed by atoms with Crippen LogP contribution in [0.5, 0.6) is 0 Å². The Balaban J connectivity index is 3.03. The number of cyclic esters (lactones) is 1. The van der Waals surface area contributed by atoms with Gasteiger partial charge in [0.2, 0.25) is 0 Å². The molecule has 0 radical (unpaired) electrons. The summed E-state index contributed by atoms with van der Waals surface area (Å²) in [4.78, 5) is 44.9. The summed E-state index contributed by atoms with van der Waals surface area (Å²) in [5, 5.41) is 1.35. The number of alkyl halides is 4. The number of esters is 3. The Morgan fingerprint density at radius 2 is 1.84 bits per heavy atom. The quantitative estimate of drug-likeness (QED) is 0.375. The minimum atomic E-state index is -5.20. The van der Waals surface area contributed by atoms with Crippen molar-refractivity contribution in [3.05, 3.63) is 11.8 Å². The predicted molar refractivity (Wildman–Crippen MR) is 77.1 cm³/mol. The summed E-state index contributed by atoms with van der Waals surface area (Å²) < 4.78 is 51.5. The Hall–Kier alpha value is -2.11. The van der Waals surface area contributed by atoms with E-state index in [1.165, 1.54) is 5.32 Å². The van der Waals surface area contributed by atoms with Crippen molar-refractivity contribution in [1.82, 2.24) is 5.32 Å². The Kier molecular flexibility index (Phi) is 6.96. The molecule has 0 saturated heterocycles. The van der Waals surface area contributed by atoms with Crippen molar-refractivity contribution in [3.63, 3.8) is 0 Å². The Labute approximate surface area is 147 Å². The molecule has 3 atom stereocenters. The number of hydrogen-bond donors (Lipinski definition) is 1. The van der Waals surface area contributed by atoms with Gasteiger partial charge >= 0.3 is 30.0 Å². The van der Waals surface area contributed by atoms with Gasteiger partial charge in [0.25, 0.3) is 0 Å². The molecule has 0 aromatic carbocycles. The van der Waals surface area contributed by atoms with Gasteiger partial charge in [0, 0.05) is 19.2 Å². The maximum absolute atomic E-state index is 12.3. The lowest BCUT2D eigenvalue weighted by atomic mass is 10.1. The predicted octanol–water partition coefficient (Wildman–Crippen LogP) is 0.732. The van der Waals surface area contributed by atoms with Gasteiger partial charge in [0.15, 0.2) is 18.3 Å². The van der Waals surface area contributed by atoms with E-state index in [1.807, 2.05) is 0 Å². The third-order valence-electron chi connectivity index (χ3n) is 2.76. The molecular weight excluding hydrogens is 419 g/mol. The first-order valence-corrected chi connectivity index (χ1v) is 7.79. The Bertz CT molecular complexity index is 605. The summed E-state index contributed by atoms with van der Waals surface area (Å²) in [6, 6.07) is 0. The van der Waals surface area contributed by atoms with Crippen molar-refractivity contribution >= 4 is 39.7 Å². The van der Waals surface area contributed by atoms with Crippen LogP contribution in [-0.2, 0) is 33.4 Å². The first kappa shape index (κ1) is 20.9. The highest BCUT2D eigenvalue weighted by Gasteiger charge is 2.44. The van der Waals surface area contributed by atoms with Gasteiger partial charge in [0.05, 0.1) is 0 Å². The van der Waals surface area contributed by atoms with Crippen molar-refractivity contribution < 1.29 is 46.6 Å². The van der Waals surface area contributed by atoms with Crippen molar-refractivity contribution in [2.75, 3.05) is 5.33 Å². The van der Waals surface area contributed by atoms with Crippen LogP contribution < -0.4 is 5.32 Å². The molecule has 0 aromatic heterocycles. The van der Waals surface area contributed by atoms with Gasteiger partial charge in [-0.05, 0) is 6.08 Å². The van der Waals surface area contributed by atoms with Crippen molar-refractivity contribution in [1.29, 1.82) is 0 Å². The van der Waals surface area contributed by atoms with Crippen LogP contribution in [0, 0.1) is 0 Å². The molecule has 0 aliphatic carbocycles. The fourth-order valence-corrected chi connectivity index (χ4v) is 2.35. The zero-order valence-electron chi connectivity index (χ0n) is 12.9. The molecule has 140 valence electrons. The van der Waals surface area contributed by atoms with Gasteiger partial charge in [-0.2, -0.15) is 13.2 Å². The maximum atomic E-state index is 12.3. The standard InChI is InChI=1S/C13H13BrF3NO7/c1-5(19)23-9(4-14)10(24-6(2)20)8-3-7(11(21)25-8)18-12(22)13(15,16)17/h3,8-10H,4H2,1-2H3,(H,18,22)/t8-,9-,10+/m1/s1. The van der Waals surface area contributed by atoms with E-state index in [0.717, 1.165) is 19.9 Å². The van der Waals surface area contributed by atoms with Crippen LogP contribution in [0.15, 0.2) is 11.8 Å². The number of carbonyl (C=O) groups is 4. The largest absolute Gasteiger partial charge is 0.471 e. The van der Waals surface area contributed by atoms with Gasteiger partial charge in [-0.25, -0.2) is 4.79 Å². The Morgan fingerprint density at radius 1 is 1.28 bits per heavy atom. The number of ether oxygens (including phenoxy) is 3. The van der Waals surface area contributed by atoms with Gasteiger partial charge in [-0.15, -0.1) is 0 Å². The zero-order valence-corrected chi connectivity index (χ0v) is 14.5. The van der Waals surface area contributed by atoms with Crippen LogP contribution in [0.1, 0.15) is 13.8 Å². The van der Waals surface area contributed by atoms with Crippen LogP contribution in [0.2, 0.25) is 0 Å². The van der Waals surface area contributed by atoms with E-state index >= 15 is 0 Å². The first-order valence-electron chi connectivity index (χ1n) is 6.67. The highest BCUT2D eigenvalue weighted by atomic mass is 79.9. The average molecular weight is 432 g/mol. The summed E-state index contributed by atoms with van der Waals surface area (Å²) >= 11 is 3.03. The van der Waals surface area contributed by atoms with E-state index in [2.05, 4.69) is 15.9 Å². The molecule has 0 spiro atoms. The van der Waals surface area contributed by atoms with Crippen LogP contribution in [-0.4, -0.2) is 53.6 Å². The molecule has 0 unspecified atom stereocenters. The van der Waals surface area contributed by atoms with E-state index < -0.39 is 54.0 Å². The van der Waals surface area contributed by atoms with E-state index in [9.17, 15) is 32.3 Å². The minimum absolute atomic E-state index is 0.0172. The molecule has 25 heavy (non-hydrogen) atoms. The minimum Gasteiger partial charge on any atom is -0.458 e.